The molecule has 3 amide bonds. The van der Waals surface area contributed by atoms with Gasteiger partial charge in [-0.3, -0.25) is 14.4 Å². The Morgan fingerprint density at radius 2 is 1.63 bits per heavy atom. The predicted octanol–water partition coefficient (Wildman–Crippen LogP) is 3.82. The molecule has 3 aromatic carbocycles. The van der Waals surface area contributed by atoms with Gasteiger partial charge in [-0.1, -0.05) is 41.9 Å². The van der Waals surface area contributed by atoms with E-state index in [-0.39, 0.29) is 23.8 Å². The number of rotatable bonds is 7. The molecule has 180 valence electrons. The van der Waals surface area contributed by atoms with Crippen molar-refractivity contribution in [1.82, 2.24) is 4.31 Å². The van der Waals surface area contributed by atoms with Crippen molar-refractivity contribution >= 4 is 50.7 Å². The van der Waals surface area contributed by atoms with Crippen LogP contribution in [-0.4, -0.2) is 36.5 Å². The maximum absolute atomic E-state index is 13.7. The largest absolute Gasteiger partial charge is 0.326 e. The van der Waals surface area contributed by atoms with Crippen LogP contribution in [0.15, 0.2) is 83.8 Å². The quantitative estimate of drug-likeness (QED) is 0.486. The molecule has 1 unspecified atom stereocenters. The molecule has 1 aliphatic rings. The van der Waals surface area contributed by atoms with Crippen molar-refractivity contribution in [3.8, 4) is 0 Å². The van der Waals surface area contributed by atoms with Crippen LogP contribution in [0.5, 0.6) is 0 Å². The highest BCUT2D eigenvalue weighted by molar-refractivity contribution is 7.89. The fourth-order valence-electron chi connectivity index (χ4n) is 3.88. The third-order valence-corrected chi connectivity index (χ3v) is 7.64. The lowest BCUT2D eigenvalue weighted by Crippen LogP contribution is -2.45. The summed E-state index contributed by atoms with van der Waals surface area (Å²) in [5.74, 6) is -1.42. The van der Waals surface area contributed by atoms with E-state index < -0.39 is 27.9 Å². The van der Waals surface area contributed by atoms with Crippen LogP contribution in [-0.2, 0) is 31.0 Å². The molecule has 0 aliphatic carbocycles. The van der Waals surface area contributed by atoms with Crippen molar-refractivity contribution in [2.75, 3.05) is 10.2 Å². The van der Waals surface area contributed by atoms with E-state index in [1.807, 2.05) is 0 Å². The number of nitrogens with one attached hydrogen (secondary N) is 1. The number of carbonyl (C=O) groups excluding carboxylic acids is 3. The zero-order chi connectivity index (χ0) is 25.2. The van der Waals surface area contributed by atoms with Crippen LogP contribution in [0.25, 0.3) is 0 Å². The first-order valence-corrected chi connectivity index (χ1v) is 12.5. The molecule has 35 heavy (non-hydrogen) atoms. The molecular formula is C25H22ClN3O5S. The van der Waals surface area contributed by atoms with Gasteiger partial charge in [0.1, 0.15) is 6.04 Å². The number of anilines is 2. The Morgan fingerprint density at radius 1 is 1.00 bits per heavy atom. The van der Waals surface area contributed by atoms with E-state index in [1.54, 1.807) is 42.5 Å². The van der Waals surface area contributed by atoms with Crippen molar-refractivity contribution in [2.24, 2.45) is 0 Å². The molecule has 0 saturated carbocycles. The Morgan fingerprint density at radius 3 is 2.23 bits per heavy atom. The molecule has 1 atom stereocenters. The van der Waals surface area contributed by atoms with Crippen LogP contribution < -0.4 is 10.2 Å². The number of carbonyl (C=O) groups is 3. The minimum absolute atomic E-state index is 0.0623. The highest BCUT2D eigenvalue weighted by atomic mass is 35.5. The predicted molar refractivity (Wildman–Crippen MR) is 132 cm³/mol. The number of nitrogens with zero attached hydrogens (tertiary/aromatic N) is 2. The van der Waals surface area contributed by atoms with Crippen molar-refractivity contribution in [3.63, 3.8) is 0 Å². The molecule has 1 N–H and O–H groups in total. The normalized spacial score (nSPS) is 16.1. The second-order valence-electron chi connectivity index (χ2n) is 8.01. The number of hydrogen-bond donors (Lipinski definition) is 1. The lowest BCUT2D eigenvalue weighted by Gasteiger charge is -2.27. The molecule has 1 aliphatic heterocycles. The second-order valence-corrected chi connectivity index (χ2v) is 10.3. The zero-order valence-electron chi connectivity index (χ0n) is 18.7. The van der Waals surface area contributed by atoms with Gasteiger partial charge in [-0.05, 0) is 54.1 Å². The maximum atomic E-state index is 13.7. The minimum Gasteiger partial charge on any atom is -0.326 e. The van der Waals surface area contributed by atoms with E-state index in [0.717, 1.165) is 9.21 Å². The first kappa shape index (κ1) is 24.6. The van der Waals surface area contributed by atoms with Crippen LogP contribution in [0.4, 0.5) is 11.4 Å². The van der Waals surface area contributed by atoms with Crippen LogP contribution in [0.2, 0.25) is 5.02 Å². The first-order chi connectivity index (χ1) is 16.7. The fraction of sp³-hybridized carbons (Fsp3) is 0.160. The summed E-state index contributed by atoms with van der Waals surface area (Å²) in [5, 5.41) is 3.03. The Kier molecular flexibility index (Phi) is 7.02. The fourth-order valence-corrected chi connectivity index (χ4v) is 5.57. The zero-order valence-corrected chi connectivity index (χ0v) is 20.3. The van der Waals surface area contributed by atoms with Gasteiger partial charge < -0.3 is 5.32 Å². The molecule has 1 fully saturated rings. The van der Waals surface area contributed by atoms with E-state index >= 15 is 0 Å². The van der Waals surface area contributed by atoms with E-state index in [2.05, 4.69) is 5.32 Å². The molecule has 4 rings (SSSR count). The number of hydrogen-bond acceptors (Lipinski definition) is 5. The standard InChI is InChI=1S/C25H22ClN3O5S/c1-17(30)27-20-9-13-22(14-10-20)35(33,34)28(16-18-5-3-2-4-6-18)23-15-24(31)29(25(23)32)21-11-7-19(26)8-12-21/h2-14,23H,15-16H2,1H3,(H,27,30). The van der Waals surface area contributed by atoms with Crippen LogP contribution >= 0.6 is 11.6 Å². The molecule has 1 saturated heterocycles. The molecule has 0 aromatic heterocycles. The van der Waals surface area contributed by atoms with Gasteiger partial charge in [0.2, 0.25) is 21.8 Å². The number of amides is 3. The van der Waals surface area contributed by atoms with Crippen LogP contribution in [0.1, 0.15) is 18.9 Å². The van der Waals surface area contributed by atoms with Gasteiger partial charge in [0.25, 0.3) is 5.91 Å². The molecule has 0 radical (unpaired) electrons. The number of halogens is 1. The van der Waals surface area contributed by atoms with Gasteiger partial charge in [0.15, 0.2) is 0 Å². The lowest BCUT2D eigenvalue weighted by molar-refractivity contribution is -0.122. The molecular weight excluding hydrogens is 490 g/mol. The third kappa shape index (κ3) is 5.27. The smallest absolute Gasteiger partial charge is 0.252 e. The first-order valence-electron chi connectivity index (χ1n) is 10.7. The van der Waals surface area contributed by atoms with E-state index in [0.29, 0.717) is 22.0 Å². The van der Waals surface area contributed by atoms with Gasteiger partial charge >= 0.3 is 0 Å². The van der Waals surface area contributed by atoms with E-state index in [1.165, 1.54) is 43.3 Å². The molecule has 1 heterocycles. The second kappa shape index (κ2) is 9.99. The lowest BCUT2D eigenvalue weighted by atomic mass is 10.2. The van der Waals surface area contributed by atoms with E-state index in [9.17, 15) is 22.8 Å². The third-order valence-electron chi connectivity index (χ3n) is 5.52. The maximum Gasteiger partial charge on any atom is 0.252 e. The minimum atomic E-state index is -4.20. The highest BCUT2D eigenvalue weighted by Crippen LogP contribution is 2.31. The number of benzene rings is 3. The monoisotopic (exact) mass is 511 g/mol. The highest BCUT2D eigenvalue weighted by Gasteiger charge is 2.47. The molecule has 10 heteroatoms. The Labute approximate surface area is 208 Å². The molecule has 0 spiro atoms. The summed E-state index contributed by atoms with van der Waals surface area (Å²) < 4.78 is 28.5. The summed E-state index contributed by atoms with van der Waals surface area (Å²) in [7, 11) is -4.20. The summed E-state index contributed by atoms with van der Waals surface area (Å²) >= 11 is 5.93. The molecule has 3 aromatic rings. The summed E-state index contributed by atoms with van der Waals surface area (Å²) in [6.07, 6.45) is -0.294. The summed E-state index contributed by atoms with van der Waals surface area (Å²) in [5.41, 5.74) is 1.42. The van der Waals surface area contributed by atoms with Crippen molar-refractivity contribution in [2.45, 2.75) is 30.8 Å². The van der Waals surface area contributed by atoms with Crippen molar-refractivity contribution < 1.29 is 22.8 Å². The average molecular weight is 512 g/mol. The van der Waals surface area contributed by atoms with Crippen LogP contribution in [0, 0.1) is 0 Å². The average Bonchev–Trinajstić information content (AvgIpc) is 3.12. The van der Waals surface area contributed by atoms with Gasteiger partial charge in [0.05, 0.1) is 17.0 Å². The Balaban J connectivity index is 1.71. The summed E-state index contributed by atoms with van der Waals surface area (Å²) in [6.45, 7) is 1.25. The SMILES string of the molecule is CC(=O)Nc1ccc(S(=O)(=O)N(Cc2ccccc2)C2CC(=O)N(c3ccc(Cl)cc3)C2=O)cc1. The molecule has 8 nitrogen and oxygen atoms in total. The number of sulfonamides is 1. The summed E-state index contributed by atoms with van der Waals surface area (Å²) in [4.78, 5) is 38.5. The van der Waals surface area contributed by atoms with Crippen LogP contribution in [0.3, 0.4) is 0 Å². The van der Waals surface area contributed by atoms with Crippen molar-refractivity contribution in [1.29, 1.82) is 0 Å². The van der Waals surface area contributed by atoms with Crippen molar-refractivity contribution in [3.05, 3.63) is 89.4 Å². The topological polar surface area (TPSA) is 104 Å². The van der Waals surface area contributed by atoms with Gasteiger partial charge in [-0.2, -0.15) is 4.31 Å². The van der Waals surface area contributed by atoms with Gasteiger partial charge in [-0.15, -0.1) is 0 Å². The molecule has 0 bridgehead atoms. The van der Waals surface area contributed by atoms with E-state index in [4.69, 9.17) is 11.6 Å². The van der Waals surface area contributed by atoms with Gasteiger partial charge in [0, 0.05) is 24.2 Å². The number of imide groups is 1. The van der Waals surface area contributed by atoms with Gasteiger partial charge in [-0.25, -0.2) is 13.3 Å². The summed E-state index contributed by atoms with van der Waals surface area (Å²) in [6, 6.07) is 19.5. The Hall–Kier alpha value is -3.53. The Bertz CT molecular complexity index is 1360.